The first-order valence-corrected chi connectivity index (χ1v) is 4.20. The van der Waals surface area contributed by atoms with Crippen LogP contribution in [0.5, 0.6) is 0 Å². The van der Waals surface area contributed by atoms with Gasteiger partial charge in [-0.3, -0.25) is 0 Å². The van der Waals surface area contributed by atoms with E-state index in [4.69, 9.17) is 9.84 Å². The van der Waals surface area contributed by atoms with Crippen molar-refractivity contribution in [2.75, 3.05) is 13.2 Å². The molecule has 0 unspecified atom stereocenters. The quantitative estimate of drug-likeness (QED) is 0.500. The maximum atomic E-state index is 9.42. The molecular formula is C9H16O3. The first-order chi connectivity index (χ1) is 5.55. The molecular weight excluding hydrogens is 156 g/mol. The van der Waals surface area contributed by atoms with Crippen LogP contribution in [0.3, 0.4) is 0 Å². The van der Waals surface area contributed by atoms with Crippen LogP contribution < -0.4 is 0 Å². The lowest BCUT2D eigenvalue weighted by atomic mass is 9.85. The second kappa shape index (κ2) is 3.35. The Bertz CT molecular complexity index is 188. The number of aliphatic hydroxyl groups excluding tert-OH is 2. The summed E-state index contributed by atoms with van der Waals surface area (Å²) in [6.07, 6.45) is 1.28. The molecule has 70 valence electrons. The van der Waals surface area contributed by atoms with Crippen molar-refractivity contribution >= 4 is 0 Å². The largest absolute Gasteiger partial charge is 0.509 e. The summed E-state index contributed by atoms with van der Waals surface area (Å²) in [4.78, 5) is 0. The first-order valence-electron chi connectivity index (χ1n) is 4.20. The van der Waals surface area contributed by atoms with E-state index in [-0.39, 0.29) is 12.0 Å². The van der Waals surface area contributed by atoms with Gasteiger partial charge in [-0.05, 0) is 11.8 Å². The van der Waals surface area contributed by atoms with Gasteiger partial charge in [-0.2, -0.15) is 0 Å². The summed E-state index contributed by atoms with van der Waals surface area (Å²) in [6, 6.07) is 0. The van der Waals surface area contributed by atoms with Crippen LogP contribution in [0.25, 0.3) is 0 Å². The first kappa shape index (κ1) is 9.39. The Morgan fingerprint density at radius 1 is 1.58 bits per heavy atom. The molecule has 0 aliphatic carbocycles. The topological polar surface area (TPSA) is 53.0 Å². The van der Waals surface area contributed by atoms with Crippen molar-refractivity contribution in [2.45, 2.75) is 26.7 Å². The molecule has 12 heavy (non-hydrogen) atoms. The van der Waals surface area contributed by atoms with E-state index in [0.717, 1.165) is 0 Å². The third-order valence-corrected chi connectivity index (χ3v) is 2.05. The highest BCUT2D eigenvalue weighted by Crippen LogP contribution is 2.31. The third-order valence-electron chi connectivity index (χ3n) is 2.05. The van der Waals surface area contributed by atoms with Crippen LogP contribution in [0.2, 0.25) is 0 Å². The molecule has 0 bridgehead atoms. The Balaban J connectivity index is 2.43. The van der Waals surface area contributed by atoms with Crippen LogP contribution in [-0.4, -0.2) is 23.4 Å². The molecule has 0 aromatic carbocycles. The van der Waals surface area contributed by atoms with Gasteiger partial charge < -0.3 is 14.9 Å². The molecule has 0 aromatic rings. The van der Waals surface area contributed by atoms with Crippen LogP contribution >= 0.6 is 0 Å². The maximum Gasteiger partial charge on any atom is 0.171 e. The molecule has 1 saturated heterocycles. The lowest BCUT2D eigenvalue weighted by Gasteiger charge is -2.22. The zero-order valence-electron chi connectivity index (χ0n) is 7.63. The van der Waals surface area contributed by atoms with Crippen LogP contribution in [-0.2, 0) is 4.74 Å². The minimum absolute atomic E-state index is 0.0439. The molecule has 0 saturated carbocycles. The third kappa shape index (κ3) is 2.74. The lowest BCUT2D eigenvalue weighted by molar-refractivity contribution is 0.192. The van der Waals surface area contributed by atoms with E-state index in [1.165, 1.54) is 0 Å². The normalized spacial score (nSPS) is 20.2. The molecule has 0 amide bonds. The predicted molar refractivity (Wildman–Crippen MR) is 45.7 cm³/mol. The number of allylic oxidation sites excluding steroid dienone is 1. The molecule has 2 N–H and O–H groups in total. The highest BCUT2D eigenvalue weighted by Gasteiger charge is 2.26. The second-order valence-electron chi connectivity index (χ2n) is 3.97. The van der Waals surface area contributed by atoms with Crippen molar-refractivity contribution in [1.82, 2.24) is 0 Å². The molecule has 0 aromatic heterocycles. The second-order valence-corrected chi connectivity index (χ2v) is 3.97. The fourth-order valence-electron chi connectivity index (χ4n) is 1.15. The van der Waals surface area contributed by atoms with Gasteiger partial charge in [0.15, 0.2) is 5.76 Å². The van der Waals surface area contributed by atoms with Gasteiger partial charge in [0.1, 0.15) is 12.4 Å². The smallest absolute Gasteiger partial charge is 0.171 e. The Morgan fingerprint density at radius 3 is 2.58 bits per heavy atom. The van der Waals surface area contributed by atoms with Gasteiger partial charge in [0, 0.05) is 13.0 Å². The van der Waals surface area contributed by atoms with E-state index >= 15 is 0 Å². The molecule has 1 fully saturated rings. The molecule has 1 rings (SSSR count). The fourth-order valence-corrected chi connectivity index (χ4v) is 1.15. The van der Waals surface area contributed by atoms with Crippen molar-refractivity contribution < 1.29 is 14.9 Å². The summed E-state index contributed by atoms with van der Waals surface area (Å²) in [5.41, 5.74) is -0.0439. The molecule has 3 heteroatoms. The molecule has 1 aliphatic rings. The minimum Gasteiger partial charge on any atom is -0.509 e. The van der Waals surface area contributed by atoms with Gasteiger partial charge in [-0.15, -0.1) is 0 Å². The summed E-state index contributed by atoms with van der Waals surface area (Å²) < 4.78 is 4.86. The molecule has 0 atom stereocenters. The number of hydrogen-bond acceptors (Lipinski definition) is 3. The number of rotatable bonds is 4. The average molecular weight is 172 g/mol. The highest BCUT2D eigenvalue weighted by atomic mass is 16.6. The summed E-state index contributed by atoms with van der Waals surface area (Å²) in [7, 11) is 0. The van der Waals surface area contributed by atoms with E-state index in [2.05, 4.69) is 0 Å². The van der Waals surface area contributed by atoms with Crippen LogP contribution in [0, 0.1) is 5.41 Å². The molecule has 0 radical (unpaired) electrons. The standard InChI is InChI=1S/C9H16O3/c1-9(2,3-4-10)5-7(11)8-6-12-8/h10-11H,3-6H2,1-2H3/b8-7-. The van der Waals surface area contributed by atoms with E-state index < -0.39 is 0 Å². The molecule has 1 heterocycles. The van der Waals surface area contributed by atoms with Crippen molar-refractivity contribution in [3.8, 4) is 0 Å². The number of ether oxygens (including phenoxy) is 1. The predicted octanol–water partition coefficient (Wildman–Crippen LogP) is 1.58. The number of aliphatic hydroxyl groups is 2. The van der Waals surface area contributed by atoms with Crippen LogP contribution in [0.4, 0.5) is 0 Å². The maximum absolute atomic E-state index is 9.42. The monoisotopic (exact) mass is 172 g/mol. The van der Waals surface area contributed by atoms with Gasteiger partial charge >= 0.3 is 0 Å². The van der Waals surface area contributed by atoms with E-state index in [1.807, 2.05) is 13.8 Å². The highest BCUT2D eigenvalue weighted by molar-refractivity contribution is 5.11. The Morgan fingerprint density at radius 2 is 2.17 bits per heavy atom. The fraction of sp³-hybridized carbons (Fsp3) is 0.778. The molecule has 3 nitrogen and oxygen atoms in total. The molecule has 0 spiro atoms. The van der Waals surface area contributed by atoms with Crippen molar-refractivity contribution in [2.24, 2.45) is 5.41 Å². The zero-order valence-corrected chi connectivity index (χ0v) is 7.63. The number of hydrogen-bond donors (Lipinski definition) is 2. The van der Waals surface area contributed by atoms with Crippen molar-refractivity contribution in [3.63, 3.8) is 0 Å². The van der Waals surface area contributed by atoms with Gasteiger partial charge in [-0.1, -0.05) is 13.8 Å². The van der Waals surface area contributed by atoms with E-state index in [9.17, 15) is 5.11 Å². The van der Waals surface area contributed by atoms with E-state index in [1.54, 1.807) is 0 Å². The van der Waals surface area contributed by atoms with Gasteiger partial charge in [0.25, 0.3) is 0 Å². The SMILES string of the molecule is CC(C)(CCO)C/C(O)=C1\CO1. The van der Waals surface area contributed by atoms with Crippen molar-refractivity contribution in [1.29, 1.82) is 0 Å². The molecule has 1 aliphatic heterocycles. The lowest BCUT2D eigenvalue weighted by Crippen LogP contribution is -2.14. The summed E-state index contributed by atoms with van der Waals surface area (Å²) in [5.74, 6) is 1.05. The Kier molecular flexibility index (Phi) is 2.62. The summed E-state index contributed by atoms with van der Waals surface area (Å²) in [5, 5.41) is 18.2. The Hall–Kier alpha value is -0.700. The van der Waals surface area contributed by atoms with Crippen molar-refractivity contribution in [3.05, 3.63) is 11.5 Å². The minimum atomic E-state index is -0.0439. The van der Waals surface area contributed by atoms with Gasteiger partial charge in [0.05, 0.1) is 0 Å². The van der Waals surface area contributed by atoms with E-state index in [0.29, 0.717) is 31.0 Å². The summed E-state index contributed by atoms with van der Waals surface area (Å²) in [6.45, 7) is 4.77. The van der Waals surface area contributed by atoms with Gasteiger partial charge in [0.2, 0.25) is 0 Å². The van der Waals surface area contributed by atoms with Crippen LogP contribution in [0.15, 0.2) is 11.5 Å². The zero-order chi connectivity index (χ0) is 9.19. The summed E-state index contributed by atoms with van der Waals surface area (Å²) >= 11 is 0. The van der Waals surface area contributed by atoms with Gasteiger partial charge in [-0.25, -0.2) is 0 Å². The van der Waals surface area contributed by atoms with Crippen LogP contribution in [0.1, 0.15) is 26.7 Å². The number of epoxide rings is 1. The Labute approximate surface area is 72.7 Å². The average Bonchev–Trinajstić information content (AvgIpc) is 2.65.